The quantitative estimate of drug-likeness (QED) is 0.135. The van der Waals surface area contributed by atoms with Crippen LogP contribution in [0, 0.1) is 0 Å². The van der Waals surface area contributed by atoms with E-state index >= 15 is 0 Å². The van der Waals surface area contributed by atoms with Crippen LogP contribution in [0.2, 0.25) is 0 Å². The number of aromatic nitrogens is 1. The predicted molar refractivity (Wildman–Crippen MR) is 185 cm³/mol. The topological polar surface area (TPSA) is 162 Å². The third-order valence-electron chi connectivity index (χ3n) is 7.10. The van der Waals surface area contributed by atoms with Crippen LogP contribution in [0.5, 0.6) is 0 Å². The Labute approximate surface area is 291 Å². The molecule has 0 bridgehead atoms. The standard InChI is InChI=1S/C36H40N4O9S/c1-5-39(35(44)49-36(2,3)4)23-21-37-32(41)29-18-16-28(17-19-29)30-20-22-40(31(30)33(42)47-24-26-12-8-6-9-13-26)50(45,46)38-34(43)48-25-27-14-10-7-11-15-27/h6-20,22H,5,21,23-25H2,1-4H3,(H,37,41)(H,38,43). The largest absolute Gasteiger partial charge is 0.456 e. The lowest BCUT2D eigenvalue weighted by Gasteiger charge is -2.26. The third-order valence-corrected chi connectivity index (χ3v) is 8.35. The first kappa shape index (κ1) is 37.2. The summed E-state index contributed by atoms with van der Waals surface area (Å²) in [6.45, 7) is 7.62. The first-order valence-corrected chi connectivity index (χ1v) is 17.2. The fourth-order valence-electron chi connectivity index (χ4n) is 4.66. The molecule has 1 heterocycles. The van der Waals surface area contributed by atoms with Crippen LogP contribution in [0.25, 0.3) is 11.1 Å². The minimum Gasteiger partial charge on any atom is -0.456 e. The highest BCUT2D eigenvalue weighted by atomic mass is 32.2. The monoisotopic (exact) mass is 704 g/mol. The zero-order chi connectivity index (χ0) is 36.3. The summed E-state index contributed by atoms with van der Waals surface area (Å²) in [6.07, 6.45) is -0.604. The molecule has 1 aromatic heterocycles. The van der Waals surface area contributed by atoms with Crippen molar-refractivity contribution in [2.45, 2.75) is 46.5 Å². The summed E-state index contributed by atoms with van der Waals surface area (Å²) in [6, 6.07) is 25.1. The Balaban J connectivity index is 1.51. The van der Waals surface area contributed by atoms with Gasteiger partial charge in [0.05, 0.1) is 0 Å². The molecule has 0 unspecified atom stereocenters. The predicted octanol–water partition coefficient (Wildman–Crippen LogP) is 5.52. The molecule has 0 spiro atoms. The number of hydrogen-bond donors (Lipinski definition) is 2. The van der Waals surface area contributed by atoms with Crippen LogP contribution in [0.15, 0.2) is 97.2 Å². The Kier molecular flexibility index (Phi) is 12.4. The van der Waals surface area contributed by atoms with Gasteiger partial charge in [0.15, 0.2) is 5.69 Å². The number of rotatable bonds is 13. The fourth-order valence-corrected chi connectivity index (χ4v) is 5.66. The fraction of sp³-hybridized carbons (Fsp3) is 0.278. The molecule has 0 atom stereocenters. The second-order valence-corrected chi connectivity index (χ2v) is 13.5. The van der Waals surface area contributed by atoms with Crippen molar-refractivity contribution in [3.8, 4) is 11.1 Å². The Morgan fingerprint density at radius 3 is 1.94 bits per heavy atom. The van der Waals surface area contributed by atoms with Crippen LogP contribution in [0.3, 0.4) is 0 Å². The summed E-state index contributed by atoms with van der Waals surface area (Å²) in [5, 5.41) is 2.77. The number of carbonyl (C=O) groups excluding carboxylic acids is 4. The highest BCUT2D eigenvalue weighted by molar-refractivity contribution is 7.88. The van der Waals surface area contributed by atoms with Crippen molar-refractivity contribution in [3.05, 3.63) is 120 Å². The summed E-state index contributed by atoms with van der Waals surface area (Å²) in [5.74, 6) is -1.37. The van der Waals surface area contributed by atoms with Crippen LogP contribution in [0.1, 0.15) is 59.7 Å². The summed E-state index contributed by atoms with van der Waals surface area (Å²) >= 11 is 0. The van der Waals surface area contributed by atoms with Crippen LogP contribution < -0.4 is 10.0 Å². The van der Waals surface area contributed by atoms with Crippen molar-refractivity contribution in [1.82, 2.24) is 18.9 Å². The molecule has 0 aliphatic rings. The molecule has 50 heavy (non-hydrogen) atoms. The van der Waals surface area contributed by atoms with E-state index in [-0.39, 0.29) is 43.1 Å². The van der Waals surface area contributed by atoms with Gasteiger partial charge in [-0.3, -0.25) is 4.79 Å². The van der Waals surface area contributed by atoms with Gasteiger partial charge in [0.1, 0.15) is 18.8 Å². The second-order valence-electron chi connectivity index (χ2n) is 12.0. The van der Waals surface area contributed by atoms with Gasteiger partial charge in [-0.15, -0.1) is 0 Å². The van der Waals surface area contributed by atoms with Gasteiger partial charge < -0.3 is 24.4 Å². The normalized spacial score (nSPS) is 11.3. The van der Waals surface area contributed by atoms with E-state index in [9.17, 15) is 27.6 Å². The van der Waals surface area contributed by atoms with Crippen LogP contribution in [0.4, 0.5) is 9.59 Å². The number of ether oxygens (including phenoxy) is 3. The van der Waals surface area contributed by atoms with E-state index in [1.807, 2.05) is 11.6 Å². The van der Waals surface area contributed by atoms with Gasteiger partial charge in [-0.2, -0.15) is 8.42 Å². The Morgan fingerprint density at radius 1 is 0.800 bits per heavy atom. The van der Waals surface area contributed by atoms with E-state index in [0.29, 0.717) is 27.2 Å². The molecule has 0 saturated heterocycles. The molecule has 0 fully saturated rings. The van der Waals surface area contributed by atoms with Crippen LogP contribution in [-0.2, 0) is 37.6 Å². The molecule has 2 N–H and O–H groups in total. The van der Waals surface area contributed by atoms with E-state index in [1.165, 1.54) is 23.1 Å². The number of hydrogen-bond acceptors (Lipinski definition) is 9. The highest BCUT2D eigenvalue weighted by Gasteiger charge is 2.29. The van der Waals surface area contributed by atoms with Crippen molar-refractivity contribution in [1.29, 1.82) is 0 Å². The number of nitrogens with zero attached hydrogens (tertiary/aromatic N) is 2. The zero-order valence-corrected chi connectivity index (χ0v) is 29.1. The Morgan fingerprint density at radius 2 is 1.38 bits per heavy atom. The number of benzene rings is 3. The van der Waals surface area contributed by atoms with Crippen molar-refractivity contribution in [2.24, 2.45) is 0 Å². The molecule has 0 aliphatic heterocycles. The van der Waals surface area contributed by atoms with Gasteiger partial charge in [0.25, 0.3) is 5.91 Å². The van der Waals surface area contributed by atoms with E-state index in [0.717, 1.165) is 6.20 Å². The van der Waals surface area contributed by atoms with E-state index in [2.05, 4.69) is 5.32 Å². The first-order valence-electron chi connectivity index (χ1n) is 15.8. The molecule has 0 saturated carbocycles. The smallest absolute Gasteiger partial charge is 0.422 e. The summed E-state index contributed by atoms with van der Waals surface area (Å²) in [5.41, 5.74) is 1.17. The van der Waals surface area contributed by atoms with E-state index < -0.39 is 39.9 Å². The van der Waals surface area contributed by atoms with E-state index in [1.54, 1.807) is 93.6 Å². The maximum Gasteiger partial charge on any atom is 0.422 e. The Bertz CT molecular complexity index is 1890. The average Bonchev–Trinajstić information content (AvgIpc) is 3.55. The molecule has 14 heteroatoms. The third kappa shape index (κ3) is 10.4. The van der Waals surface area contributed by atoms with Gasteiger partial charge in [0, 0.05) is 37.0 Å². The number of esters is 1. The van der Waals surface area contributed by atoms with Gasteiger partial charge in [-0.25, -0.2) is 23.1 Å². The molecule has 4 aromatic rings. The molecule has 0 aliphatic carbocycles. The first-order chi connectivity index (χ1) is 23.8. The number of nitrogens with one attached hydrogen (secondary N) is 2. The van der Waals surface area contributed by atoms with Crippen molar-refractivity contribution in [2.75, 3.05) is 19.6 Å². The summed E-state index contributed by atoms with van der Waals surface area (Å²) in [4.78, 5) is 52.7. The van der Waals surface area contributed by atoms with E-state index in [4.69, 9.17) is 14.2 Å². The molecule has 3 amide bonds. The molecule has 3 aromatic carbocycles. The summed E-state index contributed by atoms with van der Waals surface area (Å²) < 4.78 is 45.2. The molecule has 13 nitrogen and oxygen atoms in total. The SMILES string of the molecule is CCN(CCNC(=O)c1ccc(-c2ccn(S(=O)(=O)NC(=O)OCc3ccccc3)c2C(=O)OCc2ccccc2)cc1)C(=O)OC(C)(C)C. The minimum atomic E-state index is -4.68. The molecular weight excluding hydrogens is 664 g/mol. The van der Waals surface area contributed by atoms with Crippen molar-refractivity contribution < 1.29 is 41.8 Å². The van der Waals surface area contributed by atoms with Crippen LogP contribution in [-0.4, -0.2) is 66.6 Å². The molecule has 4 rings (SSSR count). The zero-order valence-electron chi connectivity index (χ0n) is 28.3. The van der Waals surface area contributed by atoms with Gasteiger partial charge >= 0.3 is 28.4 Å². The van der Waals surface area contributed by atoms with Gasteiger partial charge in [-0.05, 0) is 62.6 Å². The molecule has 264 valence electrons. The maximum absolute atomic E-state index is 13.5. The average molecular weight is 705 g/mol. The molecular formula is C36H40N4O9S. The lowest BCUT2D eigenvalue weighted by atomic mass is 10.0. The number of amides is 3. The number of likely N-dealkylation sites (N-methyl/N-ethyl adjacent to an activating group) is 1. The summed E-state index contributed by atoms with van der Waals surface area (Å²) in [7, 11) is -4.68. The minimum absolute atomic E-state index is 0.140. The van der Waals surface area contributed by atoms with Crippen molar-refractivity contribution >= 4 is 34.3 Å². The maximum atomic E-state index is 13.5. The highest BCUT2D eigenvalue weighted by Crippen LogP contribution is 2.28. The van der Waals surface area contributed by atoms with Crippen molar-refractivity contribution in [3.63, 3.8) is 0 Å². The Hall–Kier alpha value is -5.63. The van der Waals surface area contributed by atoms with Gasteiger partial charge in [-0.1, -0.05) is 72.8 Å². The van der Waals surface area contributed by atoms with Crippen LogP contribution >= 0.6 is 0 Å². The number of carbonyl (C=O) groups is 4. The lowest BCUT2D eigenvalue weighted by Crippen LogP contribution is -2.41. The lowest BCUT2D eigenvalue weighted by molar-refractivity contribution is 0.0260. The second kappa shape index (κ2) is 16.7. The molecule has 0 radical (unpaired) electrons. The van der Waals surface area contributed by atoms with Gasteiger partial charge in [0.2, 0.25) is 0 Å².